The first-order chi connectivity index (χ1) is 21.3. The van der Waals surface area contributed by atoms with Crippen LogP contribution in [0.1, 0.15) is 0 Å². The molecule has 10 nitrogen and oxygen atoms in total. The van der Waals surface area contributed by atoms with Crippen molar-refractivity contribution in [2.45, 2.75) is 0 Å². The first-order valence-corrected chi connectivity index (χ1v) is 15.4. The summed E-state index contributed by atoms with van der Waals surface area (Å²) >= 11 is 0. The number of hydrogen-bond acceptors (Lipinski definition) is 6. The molecule has 218 valence electrons. The summed E-state index contributed by atoms with van der Waals surface area (Å²) in [5.41, 5.74) is -3.57. The van der Waals surface area contributed by atoms with E-state index in [4.69, 9.17) is 4.74 Å². The van der Waals surface area contributed by atoms with Crippen LogP contribution < -0.4 is 32.7 Å². The fraction of sp³-hybridized carbons (Fsp3) is 0.0606. The van der Waals surface area contributed by atoms with Gasteiger partial charge in [-0.05, 0) is 12.1 Å². The topological polar surface area (TPSA) is 122 Å². The van der Waals surface area contributed by atoms with Crippen molar-refractivity contribution >= 4 is 45.4 Å². The minimum atomic E-state index is -3.18. The Morgan fingerprint density at radius 1 is 0.636 bits per heavy atom. The summed E-state index contributed by atoms with van der Waals surface area (Å²) < 4.78 is 8.32. The van der Waals surface area contributed by atoms with Crippen molar-refractivity contribution < 1.29 is 4.92 Å². The molecule has 0 aliphatic carbocycles. The van der Waals surface area contributed by atoms with Crippen molar-refractivity contribution in [3.63, 3.8) is 0 Å². The van der Waals surface area contributed by atoms with Gasteiger partial charge in [-0.3, -0.25) is 33.4 Å². The molecule has 0 saturated carbocycles. The monoisotopic (exact) mass is 603 g/mol. The molecule has 2 aromatic heterocycles. The summed E-state index contributed by atoms with van der Waals surface area (Å²) in [4.78, 5) is 53.6. The number of aromatic nitrogens is 3. The van der Waals surface area contributed by atoms with Crippen LogP contribution in [0.15, 0.2) is 140 Å². The highest BCUT2D eigenvalue weighted by molar-refractivity contribution is 7.87. The highest BCUT2D eigenvalue weighted by atomic mass is 31.2. The molecule has 0 radical (unpaired) electrons. The summed E-state index contributed by atoms with van der Waals surface area (Å²) in [7, 11) is -0.458. The highest BCUT2D eigenvalue weighted by Gasteiger charge is 2.35. The van der Waals surface area contributed by atoms with Gasteiger partial charge < -0.3 is 0 Å². The van der Waals surface area contributed by atoms with Crippen molar-refractivity contribution in [2.24, 2.45) is 18.8 Å². The van der Waals surface area contributed by atoms with Crippen LogP contribution in [0.2, 0.25) is 0 Å². The molecule has 6 aromatic rings. The molecule has 2 heterocycles. The third kappa shape index (κ3) is 4.44. The van der Waals surface area contributed by atoms with Gasteiger partial charge in [0, 0.05) is 30.0 Å². The molecule has 0 fully saturated rings. The van der Waals surface area contributed by atoms with Gasteiger partial charge in [-0.25, -0.2) is 9.54 Å². The van der Waals surface area contributed by atoms with E-state index in [1.807, 2.05) is 91.0 Å². The third-order valence-corrected chi connectivity index (χ3v) is 11.2. The molecule has 0 bridgehead atoms. The average molecular weight is 604 g/mol. The van der Waals surface area contributed by atoms with E-state index >= 15 is 0 Å². The fourth-order valence-corrected chi connectivity index (χ4v) is 9.05. The van der Waals surface area contributed by atoms with Gasteiger partial charge in [0.15, 0.2) is 5.69 Å². The molecule has 0 unspecified atom stereocenters. The molecule has 0 spiro atoms. The Balaban J connectivity index is 1.97. The molecule has 0 amide bonds. The van der Waals surface area contributed by atoms with Crippen molar-refractivity contribution in [3.8, 4) is 5.69 Å². The number of aryl methyl sites for hydroxylation is 1. The Morgan fingerprint density at radius 3 is 1.50 bits per heavy atom. The van der Waals surface area contributed by atoms with E-state index in [1.165, 1.54) is 14.1 Å². The summed E-state index contributed by atoms with van der Waals surface area (Å²) in [6.07, 6.45) is 0. The Morgan fingerprint density at radius 2 is 1.07 bits per heavy atom. The summed E-state index contributed by atoms with van der Waals surface area (Å²) in [6, 6.07) is 36.3. The van der Waals surface area contributed by atoms with Crippen LogP contribution in [-0.2, 0) is 14.1 Å². The van der Waals surface area contributed by atoms with Gasteiger partial charge >= 0.3 is 16.9 Å². The van der Waals surface area contributed by atoms with Gasteiger partial charge in [0.05, 0.1) is 17.7 Å². The largest absolute Gasteiger partial charge is 0.360 e. The molecule has 44 heavy (non-hydrogen) atoms. The number of fused-ring (bicyclic) bond motifs is 1. The Kier molecular flexibility index (Phi) is 7.28. The predicted molar refractivity (Wildman–Crippen MR) is 174 cm³/mol. The lowest BCUT2D eigenvalue weighted by Gasteiger charge is -2.27. The maximum absolute atomic E-state index is 14.3. The molecule has 6 rings (SSSR count). The van der Waals surface area contributed by atoms with Crippen molar-refractivity contribution in [3.05, 3.63) is 163 Å². The average Bonchev–Trinajstić information content (AvgIpc) is 3.06. The van der Waals surface area contributed by atoms with E-state index in [2.05, 4.69) is 0 Å². The van der Waals surface area contributed by atoms with Crippen LogP contribution in [0, 0.1) is 10.1 Å². The quantitative estimate of drug-likeness (QED) is 0.161. The standard InChI is InChI=1S/C33H26N5O5P/c1-35-30-27(31(39)36(2)33(35)41)28(29(38(42)43)32(40)37(30)23-15-7-3-8-16-23)34-44(24-17-9-4-10-18-24,25-19-11-5-12-20-25)26-21-13-6-14-22-26/h3-22H,1-2H3. The summed E-state index contributed by atoms with van der Waals surface area (Å²) in [6.45, 7) is 0. The second kappa shape index (κ2) is 11.2. The number of nitro groups is 1. The fourth-order valence-electron chi connectivity index (χ4n) is 5.50. The lowest BCUT2D eigenvalue weighted by atomic mass is 10.2. The maximum Gasteiger partial charge on any atom is 0.360 e. The lowest BCUT2D eigenvalue weighted by Crippen LogP contribution is -2.40. The van der Waals surface area contributed by atoms with E-state index in [9.17, 15) is 24.5 Å². The third-order valence-electron chi connectivity index (χ3n) is 7.55. The zero-order valence-corrected chi connectivity index (χ0v) is 24.7. The first-order valence-electron chi connectivity index (χ1n) is 13.6. The van der Waals surface area contributed by atoms with Crippen molar-refractivity contribution in [2.75, 3.05) is 0 Å². The normalized spacial score (nSPS) is 11.4. The Labute approximate surface area is 250 Å². The number of nitrogens with zero attached hydrogens (tertiary/aromatic N) is 5. The maximum atomic E-state index is 14.3. The smallest absolute Gasteiger partial charge is 0.281 e. The lowest BCUT2D eigenvalue weighted by molar-refractivity contribution is -0.385. The van der Waals surface area contributed by atoms with Crippen LogP contribution in [0.25, 0.3) is 16.7 Å². The molecule has 4 aromatic carbocycles. The number of benzene rings is 4. The van der Waals surface area contributed by atoms with E-state index in [0.29, 0.717) is 0 Å². The molecule has 0 aliphatic heterocycles. The van der Waals surface area contributed by atoms with Gasteiger partial charge in [0.1, 0.15) is 11.0 Å². The minimum Gasteiger partial charge on any atom is -0.281 e. The molecular weight excluding hydrogens is 577 g/mol. The van der Waals surface area contributed by atoms with Gasteiger partial charge in [-0.15, -0.1) is 0 Å². The molecular formula is C33H26N5O5P. The van der Waals surface area contributed by atoms with E-state index in [0.717, 1.165) is 29.6 Å². The van der Waals surface area contributed by atoms with Gasteiger partial charge in [0.25, 0.3) is 5.56 Å². The highest BCUT2D eigenvalue weighted by Crippen LogP contribution is 2.51. The van der Waals surface area contributed by atoms with Gasteiger partial charge in [-0.1, -0.05) is 109 Å². The second-order valence-corrected chi connectivity index (χ2v) is 13.1. The predicted octanol–water partition coefficient (Wildman–Crippen LogP) is 4.11. The van der Waals surface area contributed by atoms with Crippen molar-refractivity contribution in [1.29, 1.82) is 0 Å². The van der Waals surface area contributed by atoms with Gasteiger partial charge in [0.2, 0.25) is 0 Å². The van der Waals surface area contributed by atoms with Crippen LogP contribution in [-0.4, -0.2) is 18.6 Å². The zero-order valence-electron chi connectivity index (χ0n) is 23.8. The molecule has 0 atom stereocenters. The van der Waals surface area contributed by atoms with Crippen LogP contribution >= 0.6 is 7.05 Å². The Hall–Kier alpha value is -5.60. The number of para-hydroxylation sites is 1. The van der Waals surface area contributed by atoms with E-state index < -0.39 is 34.5 Å². The molecule has 0 aliphatic rings. The van der Waals surface area contributed by atoms with Gasteiger partial charge in [-0.2, -0.15) is 0 Å². The van der Waals surface area contributed by atoms with Crippen molar-refractivity contribution in [1.82, 2.24) is 13.7 Å². The summed E-state index contributed by atoms with van der Waals surface area (Å²) in [5.74, 6) is 0. The molecule has 11 heteroatoms. The number of hydrogen-bond donors (Lipinski definition) is 0. The number of pyridine rings is 1. The Bertz CT molecular complexity index is 2180. The molecule has 0 N–H and O–H groups in total. The van der Waals surface area contributed by atoms with Crippen LogP contribution in [0.5, 0.6) is 0 Å². The summed E-state index contributed by atoms with van der Waals surface area (Å²) in [5, 5.41) is 14.9. The zero-order chi connectivity index (χ0) is 31.0. The van der Waals surface area contributed by atoms with Crippen LogP contribution in [0.4, 0.5) is 11.4 Å². The minimum absolute atomic E-state index is 0.0917. The second-order valence-electron chi connectivity index (χ2n) is 10.1. The SMILES string of the molecule is Cn1c(=O)c2c(N=P(c3ccccc3)(c3ccccc3)c3ccccc3)c([N+](=O)[O-])c(=O)n(-c3ccccc3)c2n(C)c1=O. The van der Waals surface area contributed by atoms with E-state index in [1.54, 1.807) is 30.3 Å². The van der Waals surface area contributed by atoms with Crippen LogP contribution in [0.3, 0.4) is 0 Å². The van der Waals surface area contributed by atoms with E-state index in [-0.39, 0.29) is 22.4 Å². The molecule has 0 saturated heterocycles. The number of rotatable bonds is 6. The first kappa shape index (κ1) is 28.5.